The largest absolute Gasteiger partial charge is 0.494 e. The fourth-order valence-corrected chi connectivity index (χ4v) is 6.44. The van der Waals surface area contributed by atoms with Gasteiger partial charge in [-0.05, 0) is 73.5 Å². The number of likely N-dealkylation sites (N-methyl/N-ethyl adjacent to an activating group) is 1. The van der Waals surface area contributed by atoms with Gasteiger partial charge in [0.1, 0.15) is 18.3 Å². The highest BCUT2D eigenvalue weighted by atomic mass is 79.9. The summed E-state index contributed by atoms with van der Waals surface area (Å²) in [5.74, 6) is -0.256. The molecule has 230 valence electrons. The molecule has 0 aliphatic carbocycles. The maximum Gasteiger partial charge on any atom is 0.264 e. The second-order valence-electron chi connectivity index (χ2n) is 10.00. The average Bonchev–Trinajstić information content (AvgIpc) is 3.03. The van der Waals surface area contributed by atoms with Crippen LogP contribution in [0.4, 0.5) is 5.69 Å². The van der Waals surface area contributed by atoms with Crippen LogP contribution in [0.5, 0.6) is 5.75 Å². The minimum Gasteiger partial charge on any atom is -0.494 e. The number of halogens is 1. The third-order valence-electron chi connectivity index (χ3n) is 6.93. The average molecular weight is 679 g/mol. The van der Waals surface area contributed by atoms with Gasteiger partial charge in [-0.15, -0.1) is 0 Å². The first-order valence-electron chi connectivity index (χ1n) is 14.4. The van der Waals surface area contributed by atoms with Gasteiger partial charge in [-0.2, -0.15) is 0 Å². The van der Waals surface area contributed by atoms with Crippen molar-refractivity contribution < 1.29 is 22.7 Å². The predicted molar refractivity (Wildman–Crippen MR) is 176 cm³/mol. The first kappa shape index (κ1) is 32.8. The van der Waals surface area contributed by atoms with E-state index in [0.717, 1.165) is 19.9 Å². The summed E-state index contributed by atoms with van der Waals surface area (Å²) in [5, 5.41) is 2.87. The Morgan fingerprint density at radius 3 is 1.98 bits per heavy atom. The molecule has 44 heavy (non-hydrogen) atoms. The number of nitrogens with one attached hydrogen (secondary N) is 1. The molecule has 0 radical (unpaired) electrons. The predicted octanol–water partition coefficient (Wildman–Crippen LogP) is 5.82. The minimum atomic E-state index is -4.19. The molecular weight excluding hydrogens is 642 g/mol. The van der Waals surface area contributed by atoms with Gasteiger partial charge in [-0.1, -0.05) is 76.6 Å². The Morgan fingerprint density at radius 1 is 0.818 bits per heavy atom. The lowest BCUT2D eigenvalue weighted by molar-refractivity contribution is -0.140. The van der Waals surface area contributed by atoms with Crippen LogP contribution in [0.2, 0.25) is 0 Å². The molecule has 1 N–H and O–H groups in total. The van der Waals surface area contributed by atoms with Gasteiger partial charge >= 0.3 is 0 Å². The highest BCUT2D eigenvalue weighted by molar-refractivity contribution is 9.10. The van der Waals surface area contributed by atoms with Gasteiger partial charge in [0.25, 0.3) is 10.0 Å². The van der Waals surface area contributed by atoms with Crippen molar-refractivity contribution in [1.82, 2.24) is 10.2 Å². The van der Waals surface area contributed by atoms with Crippen molar-refractivity contribution in [2.75, 3.05) is 24.0 Å². The summed E-state index contributed by atoms with van der Waals surface area (Å²) in [5.41, 5.74) is 1.98. The smallest absolute Gasteiger partial charge is 0.264 e. The van der Waals surface area contributed by atoms with Crippen LogP contribution in [-0.2, 0) is 32.6 Å². The number of nitrogens with zero attached hydrogens (tertiary/aromatic N) is 2. The topological polar surface area (TPSA) is 96.0 Å². The van der Waals surface area contributed by atoms with Crippen molar-refractivity contribution in [1.29, 1.82) is 0 Å². The number of benzene rings is 4. The number of sulfonamides is 1. The van der Waals surface area contributed by atoms with E-state index in [4.69, 9.17) is 4.74 Å². The number of ether oxygens (including phenoxy) is 1. The summed E-state index contributed by atoms with van der Waals surface area (Å²) in [6.45, 7) is 4.11. The van der Waals surface area contributed by atoms with Gasteiger partial charge in [0, 0.05) is 24.0 Å². The van der Waals surface area contributed by atoms with Crippen LogP contribution >= 0.6 is 15.9 Å². The highest BCUT2D eigenvalue weighted by Gasteiger charge is 2.34. The Balaban J connectivity index is 1.78. The molecule has 0 fully saturated rings. The zero-order valence-electron chi connectivity index (χ0n) is 24.7. The van der Waals surface area contributed by atoms with E-state index in [9.17, 15) is 18.0 Å². The normalized spacial score (nSPS) is 11.8. The van der Waals surface area contributed by atoms with Crippen LogP contribution < -0.4 is 14.4 Å². The molecule has 4 aromatic rings. The first-order chi connectivity index (χ1) is 21.2. The van der Waals surface area contributed by atoms with Gasteiger partial charge in [0.15, 0.2) is 0 Å². The maximum absolute atomic E-state index is 14.4. The van der Waals surface area contributed by atoms with Gasteiger partial charge in [-0.3, -0.25) is 13.9 Å². The van der Waals surface area contributed by atoms with Crippen molar-refractivity contribution >= 4 is 43.5 Å². The van der Waals surface area contributed by atoms with E-state index in [0.29, 0.717) is 24.6 Å². The molecule has 0 spiro atoms. The summed E-state index contributed by atoms with van der Waals surface area (Å²) in [7, 11) is -4.19. The number of hydrogen-bond donors (Lipinski definition) is 1. The summed E-state index contributed by atoms with van der Waals surface area (Å²) < 4.78 is 35.6. The fraction of sp³-hybridized carbons (Fsp3) is 0.235. The Labute approximate surface area is 267 Å². The molecule has 10 heteroatoms. The summed E-state index contributed by atoms with van der Waals surface area (Å²) >= 11 is 3.36. The Morgan fingerprint density at radius 2 is 1.41 bits per heavy atom. The van der Waals surface area contributed by atoms with E-state index in [-0.39, 0.29) is 23.8 Å². The molecule has 0 bridgehead atoms. The highest BCUT2D eigenvalue weighted by Crippen LogP contribution is 2.28. The van der Waals surface area contributed by atoms with E-state index < -0.39 is 28.5 Å². The number of hydrogen-bond acceptors (Lipinski definition) is 5. The quantitative estimate of drug-likeness (QED) is 0.182. The molecule has 8 nitrogen and oxygen atoms in total. The van der Waals surface area contributed by atoms with Crippen molar-refractivity contribution in [2.45, 2.75) is 37.8 Å². The van der Waals surface area contributed by atoms with Crippen molar-refractivity contribution in [2.24, 2.45) is 0 Å². The summed E-state index contributed by atoms with van der Waals surface area (Å²) in [4.78, 5) is 29.4. The van der Waals surface area contributed by atoms with E-state index >= 15 is 0 Å². The zero-order valence-corrected chi connectivity index (χ0v) is 27.1. The maximum atomic E-state index is 14.4. The third-order valence-corrected chi connectivity index (χ3v) is 9.25. The van der Waals surface area contributed by atoms with Crippen LogP contribution in [-0.4, -0.2) is 50.9 Å². The summed E-state index contributed by atoms with van der Waals surface area (Å²) in [6.07, 6.45) is 0.258. The molecule has 2 amide bonds. The fourth-order valence-electron chi connectivity index (χ4n) is 4.76. The molecule has 1 atom stereocenters. The molecule has 0 aliphatic heterocycles. The number of amides is 2. The second kappa shape index (κ2) is 15.5. The van der Waals surface area contributed by atoms with Crippen LogP contribution in [0.15, 0.2) is 119 Å². The molecule has 4 aromatic carbocycles. The van der Waals surface area contributed by atoms with Gasteiger partial charge in [0.2, 0.25) is 11.8 Å². The summed E-state index contributed by atoms with van der Waals surface area (Å²) in [6, 6.07) is 30.7. The van der Waals surface area contributed by atoms with Crippen molar-refractivity contribution in [3.05, 3.63) is 125 Å². The molecule has 0 heterocycles. The van der Waals surface area contributed by atoms with E-state index in [2.05, 4.69) is 21.2 Å². The van der Waals surface area contributed by atoms with E-state index in [1.807, 2.05) is 74.5 Å². The third kappa shape index (κ3) is 8.48. The van der Waals surface area contributed by atoms with Crippen LogP contribution in [0.1, 0.15) is 25.0 Å². The molecule has 0 aliphatic rings. The molecule has 4 rings (SSSR count). The lowest BCUT2D eigenvalue weighted by atomic mass is 10.0. The van der Waals surface area contributed by atoms with Gasteiger partial charge in [-0.25, -0.2) is 8.42 Å². The standard InChI is InChI=1S/C34H36BrN3O5S/c1-3-36-34(40)32(23-26-11-7-5-8-12-26)37(24-27-13-9-6-10-14-27)33(39)25-38(29-17-19-30(20-18-29)43-4-2)44(41,42)31-21-15-28(35)16-22-31/h5-22,32H,3-4,23-25H2,1-2H3,(H,36,40). The molecule has 1 unspecified atom stereocenters. The zero-order chi connectivity index (χ0) is 31.5. The molecular formula is C34H36BrN3O5S. The molecule has 0 saturated heterocycles. The second-order valence-corrected chi connectivity index (χ2v) is 12.8. The van der Waals surface area contributed by atoms with E-state index in [1.165, 1.54) is 17.0 Å². The minimum absolute atomic E-state index is 0.0292. The van der Waals surface area contributed by atoms with E-state index in [1.54, 1.807) is 36.4 Å². The lowest BCUT2D eigenvalue weighted by Gasteiger charge is -2.33. The molecule has 0 aromatic heterocycles. The monoisotopic (exact) mass is 677 g/mol. The van der Waals surface area contributed by atoms with Gasteiger partial charge in [0.05, 0.1) is 17.2 Å². The van der Waals surface area contributed by atoms with Crippen LogP contribution in [0.25, 0.3) is 0 Å². The number of carbonyl (C=O) groups excluding carboxylic acids is 2. The lowest BCUT2D eigenvalue weighted by Crippen LogP contribution is -2.53. The van der Waals surface area contributed by atoms with Crippen LogP contribution in [0.3, 0.4) is 0 Å². The Kier molecular flexibility index (Phi) is 11.6. The number of carbonyl (C=O) groups is 2. The first-order valence-corrected chi connectivity index (χ1v) is 16.6. The van der Waals surface area contributed by atoms with Crippen molar-refractivity contribution in [3.8, 4) is 5.75 Å². The van der Waals surface area contributed by atoms with Gasteiger partial charge < -0.3 is 15.0 Å². The molecule has 0 saturated carbocycles. The van der Waals surface area contributed by atoms with Crippen molar-refractivity contribution in [3.63, 3.8) is 0 Å². The Bertz CT molecular complexity index is 1620. The Hall–Kier alpha value is -4.15. The van der Waals surface area contributed by atoms with Crippen LogP contribution in [0, 0.1) is 0 Å². The number of anilines is 1. The number of rotatable bonds is 14. The SMILES string of the molecule is CCNC(=O)C(Cc1ccccc1)N(Cc1ccccc1)C(=O)CN(c1ccc(OCC)cc1)S(=O)(=O)c1ccc(Br)cc1.